The molecule has 1 saturated heterocycles. The lowest BCUT2D eigenvalue weighted by Gasteiger charge is -2.40. The smallest absolute Gasteiger partial charge is 0.0195 e. The van der Waals surface area contributed by atoms with E-state index in [4.69, 9.17) is 0 Å². The summed E-state index contributed by atoms with van der Waals surface area (Å²) in [4.78, 5) is 2.69. The highest BCUT2D eigenvalue weighted by Gasteiger charge is 2.25. The molecule has 102 valence electrons. The van der Waals surface area contributed by atoms with Gasteiger partial charge in [0, 0.05) is 18.6 Å². The molecule has 17 heavy (non-hydrogen) atoms. The number of hydrogen-bond donors (Lipinski definition) is 1. The first-order chi connectivity index (χ1) is 8.15. The molecule has 0 saturated carbocycles. The average Bonchev–Trinajstić information content (AvgIpc) is 2.28. The highest BCUT2D eigenvalue weighted by Crippen LogP contribution is 2.23. The fraction of sp³-hybridized carbons (Fsp3) is 1.00. The Morgan fingerprint density at radius 1 is 1.29 bits per heavy atom. The molecule has 3 unspecified atom stereocenters. The zero-order valence-corrected chi connectivity index (χ0v) is 12.3. The lowest BCUT2D eigenvalue weighted by Crippen LogP contribution is -2.49. The van der Waals surface area contributed by atoms with E-state index in [0.29, 0.717) is 6.04 Å². The molecule has 1 heterocycles. The van der Waals surface area contributed by atoms with Crippen LogP contribution in [-0.2, 0) is 0 Å². The Kier molecular flexibility index (Phi) is 7.14. The minimum atomic E-state index is 0.694. The number of likely N-dealkylation sites (tertiary alicyclic amines) is 1. The van der Waals surface area contributed by atoms with Crippen LogP contribution in [0.4, 0.5) is 0 Å². The van der Waals surface area contributed by atoms with Crippen LogP contribution < -0.4 is 5.32 Å². The molecule has 0 aromatic rings. The van der Waals surface area contributed by atoms with Crippen LogP contribution in [0.1, 0.15) is 59.8 Å². The van der Waals surface area contributed by atoms with Gasteiger partial charge >= 0.3 is 0 Å². The van der Waals surface area contributed by atoms with Gasteiger partial charge in [-0.05, 0) is 52.1 Å². The van der Waals surface area contributed by atoms with Crippen molar-refractivity contribution in [2.45, 2.75) is 71.9 Å². The van der Waals surface area contributed by atoms with Gasteiger partial charge in [0.1, 0.15) is 0 Å². The maximum Gasteiger partial charge on any atom is 0.0195 e. The number of nitrogens with zero attached hydrogens (tertiary/aromatic N) is 1. The number of rotatable bonds is 7. The van der Waals surface area contributed by atoms with Crippen LogP contribution in [-0.4, -0.2) is 36.6 Å². The SMILES string of the molecule is CCCCCNCC(C)N1CCC(C)CC1C. The summed E-state index contributed by atoms with van der Waals surface area (Å²) in [5.41, 5.74) is 0. The third kappa shape index (κ3) is 5.39. The fourth-order valence-corrected chi connectivity index (χ4v) is 3.01. The molecule has 0 bridgehead atoms. The molecular weight excluding hydrogens is 208 g/mol. The number of nitrogens with one attached hydrogen (secondary N) is 1. The monoisotopic (exact) mass is 240 g/mol. The van der Waals surface area contributed by atoms with E-state index in [2.05, 4.69) is 37.9 Å². The van der Waals surface area contributed by atoms with Crippen LogP contribution in [0.3, 0.4) is 0 Å². The van der Waals surface area contributed by atoms with E-state index >= 15 is 0 Å². The molecule has 1 N–H and O–H groups in total. The van der Waals surface area contributed by atoms with Crippen LogP contribution in [0.5, 0.6) is 0 Å². The van der Waals surface area contributed by atoms with Gasteiger partial charge < -0.3 is 5.32 Å². The summed E-state index contributed by atoms with van der Waals surface area (Å²) >= 11 is 0. The van der Waals surface area contributed by atoms with Crippen molar-refractivity contribution in [2.24, 2.45) is 5.92 Å². The van der Waals surface area contributed by atoms with Gasteiger partial charge in [0.15, 0.2) is 0 Å². The quantitative estimate of drug-likeness (QED) is 0.687. The van der Waals surface area contributed by atoms with E-state index in [1.807, 2.05) is 0 Å². The van der Waals surface area contributed by atoms with Crippen LogP contribution in [0.2, 0.25) is 0 Å². The second-order valence-corrected chi connectivity index (χ2v) is 5.98. The van der Waals surface area contributed by atoms with Gasteiger partial charge in [0.2, 0.25) is 0 Å². The molecule has 0 amide bonds. The molecule has 0 spiro atoms. The topological polar surface area (TPSA) is 15.3 Å². The second-order valence-electron chi connectivity index (χ2n) is 5.98. The van der Waals surface area contributed by atoms with E-state index in [1.165, 1.54) is 45.2 Å². The van der Waals surface area contributed by atoms with Gasteiger partial charge in [-0.25, -0.2) is 0 Å². The lowest BCUT2D eigenvalue weighted by atomic mass is 9.92. The Labute approximate surface area is 108 Å². The third-order valence-electron chi connectivity index (χ3n) is 4.15. The van der Waals surface area contributed by atoms with Crippen molar-refractivity contribution >= 4 is 0 Å². The number of piperidine rings is 1. The van der Waals surface area contributed by atoms with Crippen molar-refractivity contribution in [3.8, 4) is 0 Å². The highest BCUT2D eigenvalue weighted by molar-refractivity contribution is 4.81. The molecule has 0 radical (unpaired) electrons. The van der Waals surface area contributed by atoms with Gasteiger partial charge in [-0.1, -0.05) is 26.7 Å². The standard InChI is InChI=1S/C15H32N2/c1-5-6-7-9-16-12-15(4)17-10-8-13(2)11-14(17)3/h13-16H,5-12H2,1-4H3. The van der Waals surface area contributed by atoms with Crippen molar-refractivity contribution in [2.75, 3.05) is 19.6 Å². The van der Waals surface area contributed by atoms with Crippen molar-refractivity contribution < 1.29 is 0 Å². The van der Waals surface area contributed by atoms with Crippen LogP contribution in [0.15, 0.2) is 0 Å². The van der Waals surface area contributed by atoms with Gasteiger partial charge in [-0.15, -0.1) is 0 Å². The first-order valence-corrected chi connectivity index (χ1v) is 7.61. The maximum atomic E-state index is 3.61. The number of unbranched alkanes of at least 4 members (excludes halogenated alkanes) is 2. The van der Waals surface area contributed by atoms with E-state index in [1.54, 1.807) is 0 Å². The normalized spacial score (nSPS) is 28.2. The Bertz CT molecular complexity index is 193. The molecule has 0 aromatic heterocycles. The first kappa shape index (κ1) is 15.0. The fourth-order valence-electron chi connectivity index (χ4n) is 3.01. The minimum Gasteiger partial charge on any atom is -0.315 e. The van der Waals surface area contributed by atoms with Gasteiger partial charge in [0.05, 0.1) is 0 Å². The van der Waals surface area contributed by atoms with Crippen molar-refractivity contribution in [3.63, 3.8) is 0 Å². The molecular formula is C15H32N2. The van der Waals surface area contributed by atoms with E-state index in [-0.39, 0.29) is 0 Å². The van der Waals surface area contributed by atoms with E-state index in [0.717, 1.165) is 18.5 Å². The molecule has 2 heteroatoms. The highest BCUT2D eigenvalue weighted by atomic mass is 15.2. The maximum absolute atomic E-state index is 3.61. The van der Waals surface area contributed by atoms with Gasteiger partial charge in [-0.3, -0.25) is 4.90 Å². The van der Waals surface area contributed by atoms with Gasteiger partial charge in [-0.2, -0.15) is 0 Å². The molecule has 3 atom stereocenters. The summed E-state index contributed by atoms with van der Waals surface area (Å²) in [6, 6.07) is 1.46. The van der Waals surface area contributed by atoms with Crippen LogP contribution >= 0.6 is 0 Å². The summed E-state index contributed by atoms with van der Waals surface area (Å²) in [5.74, 6) is 0.922. The van der Waals surface area contributed by atoms with E-state index < -0.39 is 0 Å². The van der Waals surface area contributed by atoms with E-state index in [9.17, 15) is 0 Å². The van der Waals surface area contributed by atoms with Gasteiger partial charge in [0.25, 0.3) is 0 Å². The molecule has 1 rings (SSSR count). The number of hydrogen-bond acceptors (Lipinski definition) is 2. The summed E-state index contributed by atoms with van der Waals surface area (Å²) in [7, 11) is 0. The van der Waals surface area contributed by atoms with Crippen LogP contribution in [0, 0.1) is 5.92 Å². The third-order valence-corrected chi connectivity index (χ3v) is 4.15. The minimum absolute atomic E-state index is 0.694. The largest absolute Gasteiger partial charge is 0.315 e. The molecule has 1 aliphatic rings. The molecule has 1 fully saturated rings. The lowest BCUT2D eigenvalue weighted by molar-refractivity contribution is 0.0890. The molecule has 0 aromatic carbocycles. The molecule has 2 nitrogen and oxygen atoms in total. The second kappa shape index (κ2) is 8.10. The predicted molar refractivity (Wildman–Crippen MR) is 76.4 cm³/mol. The Morgan fingerprint density at radius 2 is 2.06 bits per heavy atom. The van der Waals surface area contributed by atoms with Crippen LogP contribution in [0.25, 0.3) is 0 Å². The average molecular weight is 240 g/mol. The summed E-state index contributed by atoms with van der Waals surface area (Å²) < 4.78 is 0. The van der Waals surface area contributed by atoms with Crippen molar-refractivity contribution in [1.29, 1.82) is 0 Å². The Morgan fingerprint density at radius 3 is 2.71 bits per heavy atom. The summed E-state index contributed by atoms with van der Waals surface area (Å²) in [5, 5.41) is 3.61. The van der Waals surface area contributed by atoms with Crippen molar-refractivity contribution in [3.05, 3.63) is 0 Å². The molecule has 0 aliphatic carbocycles. The molecule has 1 aliphatic heterocycles. The summed E-state index contributed by atoms with van der Waals surface area (Å²) in [6.07, 6.45) is 6.76. The first-order valence-electron chi connectivity index (χ1n) is 7.61. The Balaban J connectivity index is 2.16. The zero-order chi connectivity index (χ0) is 12.7. The van der Waals surface area contributed by atoms with Crippen molar-refractivity contribution in [1.82, 2.24) is 10.2 Å². The Hall–Kier alpha value is -0.0800. The summed E-state index contributed by atoms with van der Waals surface area (Å²) in [6.45, 7) is 13.1. The zero-order valence-electron chi connectivity index (χ0n) is 12.3. The predicted octanol–water partition coefficient (Wildman–Crippen LogP) is 3.28.